The summed E-state index contributed by atoms with van der Waals surface area (Å²) in [5.41, 5.74) is 0.387. The van der Waals surface area contributed by atoms with E-state index in [1.165, 1.54) is 6.42 Å². The molecule has 2 nitrogen and oxygen atoms in total. The van der Waals surface area contributed by atoms with Gasteiger partial charge in [-0.3, -0.25) is 0 Å². The first-order valence-electron chi connectivity index (χ1n) is 4.94. The highest BCUT2D eigenvalue weighted by Gasteiger charge is 2.30. The Morgan fingerprint density at radius 3 is 2.50 bits per heavy atom. The quantitative estimate of drug-likeness (QED) is 0.672. The molecule has 2 atom stereocenters. The van der Waals surface area contributed by atoms with Crippen LogP contribution >= 0.6 is 0 Å². The number of nitrogens with one attached hydrogen (secondary N) is 1. The normalized spacial score (nSPS) is 31.0. The molecule has 0 aromatic heterocycles. The Bertz CT molecular complexity index is 145. The Balaban J connectivity index is 2.39. The Morgan fingerprint density at radius 1 is 1.42 bits per heavy atom. The van der Waals surface area contributed by atoms with Crippen LogP contribution in [0.1, 0.15) is 33.6 Å². The molecule has 1 heterocycles. The van der Waals surface area contributed by atoms with Crippen molar-refractivity contribution in [1.82, 2.24) is 5.32 Å². The predicted molar refractivity (Wildman–Crippen MR) is 51.1 cm³/mol. The van der Waals surface area contributed by atoms with E-state index in [2.05, 4.69) is 26.1 Å². The number of aliphatic hydroxyl groups is 1. The maximum absolute atomic E-state index is 9.59. The zero-order chi connectivity index (χ0) is 9.19. The van der Waals surface area contributed by atoms with E-state index in [4.69, 9.17) is 0 Å². The fourth-order valence-corrected chi connectivity index (χ4v) is 1.78. The van der Waals surface area contributed by atoms with Gasteiger partial charge in [0.05, 0.1) is 6.10 Å². The summed E-state index contributed by atoms with van der Waals surface area (Å²) >= 11 is 0. The van der Waals surface area contributed by atoms with Crippen molar-refractivity contribution < 1.29 is 5.11 Å². The van der Waals surface area contributed by atoms with Gasteiger partial charge in [-0.2, -0.15) is 0 Å². The van der Waals surface area contributed by atoms with Gasteiger partial charge in [-0.25, -0.2) is 0 Å². The van der Waals surface area contributed by atoms with E-state index in [1.54, 1.807) is 0 Å². The molecular weight excluding hydrogens is 150 g/mol. The molecule has 0 aromatic rings. The third-order valence-electron chi connectivity index (χ3n) is 3.08. The second-order valence-corrected chi connectivity index (χ2v) is 4.71. The second-order valence-electron chi connectivity index (χ2n) is 4.71. The fourth-order valence-electron chi connectivity index (χ4n) is 1.78. The molecule has 72 valence electrons. The standard InChI is InChI=1S/C10H21NO/c1-4-10(2,3)5-8-6-11-7-9(8)12/h8-9,11-12H,4-7H2,1-3H3/t8-,9-/m1/s1. The lowest BCUT2D eigenvalue weighted by Gasteiger charge is -2.27. The highest BCUT2D eigenvalue weighted by atomic mass is 16.3. The van der Waals surface area contributed by atoms with Crippen LogP contribution in [-0.4, -0.2) is 24.3 Å². The third-order valence-corrected chi connectivity index (χ3v) is 3.08. The molecule has 12 heavy (non-hydrogen) atoms. The van der Waals surface area contributed by atoms with Gasteiger partial charge in [-0.1, -0.05) is 27.2 Å². The minimum atomic E-state index is -0.115. The number of hydrogen-bond donors (Lipinski definition) is 2. The molecule has 2 N–H and O–H groups in total. The molecule has 1 aliphatic rings. The van der Waals surface area contributed by atoms with Gasteiger partial charge in [0.15, 0.2) is 0 Å². The molecule has 1 rings (SSSR count). The van der Waals surface area contributed by atoms with Crippen LogP contribution in [0.15, 0.2) is 0 Å². The average molecular weight is 171 g/mol. The summed E-state index contributed by atoms with van der Waals surface area (Å²) in [6.45, 7) is 8.54. The molecule has 0 saturated carbocycles. The van der Waals surface area contributed by atoms with Crippen molar-refractivity contribution in [3.05, 3.63) is 0 Å². The number of hydrogen-bond acceptors (Lipinski definition) is 2. The smallest absolute Gasteiger partial charge is 0.0705 e. The first kappa shape index (κ1) is 10.0. The molecule has 2 heteroatoms. The molecule has 0 spiro atoms. The van der Waals surface area contributed by atoms with Gasteiger partial charge in [-0.05, 0) is 17.8 Å². The van der Waals surface area contributed by atoms with E-state index < -0.39 is 0 Å². The van der Waals surface area contributed by atoms with Crippen molar-refractivity contribution in [1.29, 1.82) is 0 Å². The van der Waals surface area contributed by atoms with Crippen molar-refractivity contribution in [3.63, 3.8) is 0 Å². The van der Waals surface area contributed by atoms with E-state index in [1.807, 2.05) is 0 Å². The summed E-state index contributed by atoms with van der Waals surface area (Å²) < 4.78 is 0. The maximum Gasteiger partial charge on any atom is 0.0705 e. The minimum Gasteiger partial charge on any atom is -0.391 e. The summed E-state index contributed by atoms with van der Waals surface area (Å²) in [5, 5.41) is 12.8. The van der Waals surface area contributed by atoms with E-state index >= 15 is 0 Å². The largest absolute Gasteiger partial charge is 0.391 e. The van der Waals surface area contributed by atoms with E-state index in [-0.39, 0.29) is 6.10 Å². The topological polar surface area (TPSA) is 32.3 Å². The zero-order valence-electron chi connectivity index (χ0n) is 8.43. The Morgan fingerprint density at radius 2 is 2.08 bits per heavy atom. The zero-order valence-corrected chi connectivity index (χ0v) is 8.43. The van der Waals surface area contributed by atoms with Crippen LogP contribution in [0.25, 0.3) is 0 Å². The van der Waals surface area contributed by atoms with Crippen molar-refractivity contribution in [2.24, 2.45) is 11.3 Å². The lowest BCUT2D eigenvalue weighted by molar-refractivity contribution is 0.114. The molecule has 0 amide bonds. The van der Waals surface area contributed by atoms with Crippen LogP contribution in [0.3, 0.4) is 0 Å². The van der Waals surface area contributed by atoms with Crippen molar-refractivity contribution in [2.45, 2.75) is 39.7 Å². The Hall–Kier alpha value is -0.0800. The Kier molecular flexibility index (Phi) is 3.13. The number of rotatable bonds is 3. The molecule has 0 bridgehead atoms. The van der Waals surface area contributed by atoms with Crippen molar-refractivity contribution >= 4 is 0 Å². The lowest BCUT2D eigenvalue weighted by Crippen LogP contribution is -2.24. The predicted octanol–water partition coefficient (Wildman–Crippen LogP) is 1.39. The lowest BCUT2D eigenvalue weighted by atomic mass is 9.80. The first-order chi connectivity index (χ1) is 5.55. The van der Waals surface area contributed by atoms with Gasteiger partial charge in [0.25, 0.3) is 0 Å². The van der Waals surface area contributed by atoms with Crippen LogP contribution in [0.5, 0.6) is 0 Å². The van der Waals surface area contributed by atoms with Gasteiger partial charge in [-0.15, -0.1) is 0 Å². The SMILES string of the molecule is CCC(C)(C)C[C@@H]1CNC[C@H]1O. The number of β-amino-alcohol motifs (C(OH)–C–C–N with tert-alkyl or cyclic N) is 1. The highest BCUT2D eigenvalue weighted by Crippen LogP contribution is 2.31. The van der Waals surface area contributed by atoms with Crippen molar-refractivity contribution in [3.8, 4) is 0 Å². The van der Waals surface area contributed by atoms with Gasteiger partial charge < -0.3 is 10.4 Å². The van der Waals surface area contributed by atoms with Crippen LogP contribution in [0.4, 0.5) is 0 Å². The molecule has 1 fully saturated rings. The van der Waals surface area contributed by atoms with Crippen LogP contribution in [0, 0.1) is 11.3 Å². The van der Waals surface area contributed by atoms with Crippen LogP contribution in [0.2, 0.25) is 0 Å². The van der Waals surface area contributed by atoms with Gasteiger partial charge >= 0.3 is 0 Å². The molecular formula is C10H21NO. The minimum absolute atomic E-state index is 0.115. The average Bonchev–Trinajstić information content (AvgIpc) is 2.36. The summed E-state index contributed by atoms with van der Waals surface area (Å²) in [4.78, 5) is 0. The molecule has 0 unspecified atom stereocenters. The van der Waals surface area contributed by atoms with Gasteiger partial charge in [0.1, 0.15) is 0 Å². The van der Waals surface area contributed by atoms with Crippen molar-refractivity contribution in [2.75, 3.05) is 13.1 Å². The molecule has 0 radical (unpaired) electrons. The summed E-state index contributed by atoms with van der Waals surface area (Å²) in [5.74, 6) is 0.472. The number of aliphatic hydroxyl groups excluding tert-OH is 1. The monoisotopic (exact) mass is 171 g/mol. The Labute approximate surface area is 75.4 Å². The van der Waals surface area contributed by atoms with E-state index in [0.717, 1.165) is 19.5 Å². The van der Waals surface area contributed by atoms with E-state index in [0.29, 0.717) is 11.3 Å². The summed E-state index contributed by atoms with van der Waals surface area (Å²) in [7, 11) is 0. The molecule has 0 aromatic carbocycles. The second kappa shape index (κ2) is 3.75. The van der Waals surface area contributed by atoms with E-state index in [9.17, 15) is 5.11 Å². The highest BCUT2D eigenvalue weighted by molar-refractivity contribution is 4.84. The van der Waals surface area contributed by atoms with Gasteiger partial charge in [0, 0.05) is 13.1 Å². The van der Waals surface area contributed by atoms with Crippen LogP contribution in [-0.2, 0) is 0 Å². The first-order valence-corrected chi connectivity index (χ1v) is 4.94. The molecule has 1 saturated heterocycles. The summed E-state index contributed by atoms with van der Waals surface area (Å²) in [6, 6.07) is 0. The third kappa shape index (κ3) is 2.46. The fraction of sp³-hybridized carbons (Fsp3) is 1.00. The van der Waals surface area contributed by atoms with Crippen LogP contribution < -0.4 is 5.32 Å². The van der Waals surface area contributed by atoms with Gasteiger partial charge in [0.2, 0.25) is 0 Å². The molecule has 0 aliphatic carbocycles. The molecule has 1 aliphatic heterocycles. The maximum atomic E-state index is 9.59. The summed E-state index contributed by atoms with van der Waals surface area (Å²) in [6.07, 6.45) is 2.21.